The van der Waals surface area contributed by atoms with Gasteiger partial charge < -0.3 is 4.74 Å². The molecule has 4 rings (SSSR count). The van der Waals surface area contributed by atoms with Crippen molar-refractivity contribution in [2.24, 2.45) is 0 Å². The Morgan fingerprint density at radius 2 is 1.93 bits per heavy atom. The predicted octanol–water partition coefficient (Wildman–Crippen LogP) is 5.13. The van der Waals surface area contributed by atoms with E-state index in [0.29, 0.717) is 22.4 Å². The number of para-hydroxylation sites is 1. The first kappa shape index (κ1) is 19.4. The highest BCUT2D eigenvalue weighted by Crippen LogP contribution is 2.35. The van der Waals surface area contributed by atoms with Crippen LogP contribution in [0.2, 0.25) is 5.02 Å². The van der Waals surface area contributed by atoms with Gasteiger partial charge in [0.25, 0.3) is 0 Å². The fourth-order valence-electron chi connectivity index (χ4n) is 3.01. The van der Waals surface area contributed by atoms with Gasteiger partial charge in [-0.05, 0) is 35.9 Å². The molecule has 0 unspecified atom stereocenters. The standard InChI is InChI=1S/C22H18ClN3O2S/c1-28-18-10-6-11-19-21(18)25-22(29-19)26(14-16-8-4-5-12-24-16)20(27)13-15-7-2-3-9-17(15)23/h2-12H,13-14H2,1H3. The largest absolute Gasteiger partial charge is 0.494 e. The number of carbonyl (C=O) groups excluding carboxylic acids is 1. The third-order valence-corrected chi connectivity index (χ3v) is 5.88. The summed E-state index contributed by atoms with van der Waals surface area (Å²) >= 11 is 7.72. The molecular formula is C22H18ClN3O2S. The minimum absolute atomic E-state index is 0.0956. The molecule has 29 heavy (non-hydrogen) atoms. The van der Waals surface area contributed by atoms with Crippen LogP contribution in [0.15, 0.2) is 66.9 Å². The molecule has 0 fully saturated rings. The van der Waals surface area contributed by atoms with Crippen molar-refractivity contribution in [3.8, 4) is 5.75 Å². The Hall–Kier alpha value is -2.96. The van der Waals surface area contributed by atoms with Crippen LogP contribution >= 0.6 is 22.9 Å². The van der Waals surface area contributed by atoms with Crippen LogP contribution in [0, 0.1) is 0 Å². The first-order valence-corrected chi connectivity index (χ1v) is 10.2. The Balaban J connectivity index is 1.72. The Morgan fingerprint density at radius 3 is 2.69 bits per heavy atom. The summed E-state index contributed by atoms with van der Waals surface area (Å²) in [7, 11) is 1.61. The highest BCUT2D eigenvalue weighted by atomic mass is 35.5. The van der Waals surface area contributed by atoms with Gasteiger partial charge in [-0.25, -0.2) is 4.98 Å². The summed E-state index contributed by atoms with van der Waals surface area (Å²) in [5.41, 5.74) is 2.31. The monoisotopic (exact) mass is 423 g/mol. The second-order valence-corrected chi connectivity index (χ2v) is 7.79. The zero-order chi connectivity index (χ0) is 20.2. The molecular weight excluding hydrogens is 406 g/mol. The number of halogens is 1. The highest BCUT2D eigenvalue weighted by molar-refractivity contribution is 7.22. The summed E-state index contributed by atoms with van der Waals surface area (Å²) in [4.78, 5) is 24.0. The molecule has 2 heterocycles. The van der Waals surface area contributed by atoms with Crippen molar-refractivity contribution in [3.63, 3.8) is 0 Å². The van der Waals surface area contributed by atoms with Crippen molar-refractivity contribution in [2.75, 3.05) is 12.0 Å². The number of nitrogens with zero attached hydrogens (tertiary/aromatic N) is 3. The van der Waals surface area contributed by atoms with Gasteiger partial charge >= 0.3 is 0 Å². The lowest BCUT2D eigenvalue weighted by atomic mass is 10.1. The van der Waals surface area contributed by atoms with Gasteiger partial charge in [0.2, 0.25) is 5.91 Å². The van der Waals surface area contributed by atoms with Crippen molar-refractivity contribution in [3.05, 3.63) is 83.1 Å². The zero-order valence-electron chi connectivity index (χ0n) is 15.7. The van der Waals surface area contributed by atoms with Crippen molar-refractivity contribution >= 4 is 44.2 Å². The van der Waals surface area contributed by atoms with Crippen molar-refractivity contribution in [2.45, 2.75) is 13.0 Å². The summed E-state index contributed by atoms with van der Waals surface area (Å²) in [5.74, 6) is 0.586. The van der Waals surface area contributed by atoms with E-state index in [2.05, 4.69) is 4.98 Å². The number of aromatic nitrogens is 2. The fourth-order valence-corrected chi connectivity index (χ4v) is 4.21. The number of benzene rings is 2. The van der Waals surface area contributed by atoms with Crippen LogP contribution < -0.4 is 9.64 Å². The number of hydrogen-bond acceptors (Lipinski definition) is 5. The number of pyridine rings is 1. The van der Waals surface area contributed by atoms with Crippen LogP contribution in [0.3, 0.4) is 0 Å². The SMILES string of the molecule is COc1cccc2sc(N(Cc3ccccn3)C(=O)Cc3ccccc3Cl)nc12. The molecule has 5 nitrogen and oxygen atoms in total. The van der Waals surface area contributed by atoms with Crippen molar-refractivity contribution in [1.82, 2.24) is 9.97 Å². The molecule has 146 valence electrons. The van der Waals surface area contributed by atoms with E-state index in [1.165, 1.54) is 11.3 Å². The lowest BCUT2D eigenvalue weighted by Gasteiger charge is -2.20. The average molecular weight is 424 g/mol. The van der Waals surface area contributed by atoms with Crippen LogP contribution in [0.4, 0.5) is 5.13 Å². The number of carbonyl (C=O) groups is 1. The van der Waals surface area contributed by atoms with E-state index in [0.717, 1.165) is 21.5 Å². The third-order valence-electron chi connectivity index (χ3n) is 4.47. The molecule has 0 atom stereocenters. The number of anilines is 1. The van der Waals surface area contributed by atoms with E-state index in [1.54, 1.807) is 24.3 Å². The van der Waals surface area contributed by atoms with E-state index in [9.17, 15) is 4.79 Å². The summed E-state index contributed by atoms with van der Waals surface area (Å²) in [5, 5.41) is 1.18. The first-order valence-electron chi connectivity index (χ1n) is 9.03. The number of rotatable bonds is 6. The van der Waals surface area contributed by atoms with Gasteiger partial charge in [-0.3, -0.25) is 14.7 Å². The number of ether oxygens (including phenoxy) is 1. The Morgan fingerprint density at radius 1 is 1.10 bits per heavy atom. The molecule has 0 aliphatic carbocycles. The summed E-state index contributed by atoms with van der Waals surface area (Å²) in [6, 6.07) is 18.8. The van der Waals surface area contributed by atoms with Gasteiger partial charge in [-0.1, -0.05) is 53.3 Å². The molecule has 0 radical (unpaired) electrons. The summed E-state index contributed by atoms with van der Waals surface area (Å²) in [6.07, 6.45) is 1.90. The van der Waals surface area contributed by atoms with E-state index >= 15 is 0 Å². The number of methoxy groups -OCH3 is 1. The molecule has 2 aromatic carbocycles. The highest BCUT2D eigenvalue weighted by Gasteiger charge is 2.22. The number of hydrogen-bond donors (Lipinski definition) is 0. The molecule has 1 amide bonds. The third kappa shape index (κ3) is 4.23. The second-order valence-electron chi connectivity index (χ2n) is 6.37. The molecule has 7 heteroatoms. The molecule has 0 bridgehead atoms. The van der Waals surface area contributed by atoms with Crippen LogP contribution in [0.25, 0.3) is 10.2 Å². The smallest absolute Gasteiger partial charge is 0.233 e. The van der Waals surface area contributed by atoms with Crippen LogP contribution in [0.5, 0.6) is 5.75 Å². The average Bonchev–Trinajstić information content (AvgIpc) is 3.18. The normalized spacial score (nSPS) is 10.8. The minimum Gasteiger partial charge on any atom is -0.494 e. The summed E-state index contributed by atoms with van der Waals surface area (Å²) in [6.45, 7) is 0.326. The Bertz CT molecular complexity index is 1150. The fraction of sp³-hybridized carbons (Fsp3) is 0.136. The minimum atomic E-state index is -0.0956. The molecule has 0 saturated carbocycles. The van der Waals surface area contributed by atoms with E-state index in [1.807, 2.05) is 54.6 Å². The predicted molar refractivity (Wildman–Crippen MR) is 117 cm³/mol. The molecule has 4 aromatic rings. The molecule has 0 spiro atoms. The maximum absolute atomic E-state index is 13.3. The Labute approximate surface area is 177 Å². The second kappa shape index (κ2) is 8.59. The van der Waals surface area contributed by atoms with Crippen LogP contribution in [-0.4, -0.2) is 23.0 Å². The number of amides is 1. The first-order chi connectivity index (χ1) is 14.2. The van der Waals surface area contributed by atoms with Crippen LogP contribution in [-0.2, 0) is 17.8 Å². The van der Waals surface area contributed by atoms with E-state index < -0.39 is 0 Å². The van der Waals surface area contributed by atoms with Gasteiger partial charge in [0.15, 0.2) is 5.13 Å². The molecule has 0 saturated heterocycles. The van der Waals surface area contributed by atoms with E-state index in [-0.39, 0.29) is 12.3 Å². The molecule has 0 aliphatic heterocycles. The van der Waals surface area contributed by atoms with Gasteiger partial charge in [0.05, 0.1) is 30.5 Å². The maximum Gasteiger partial charge on any atom is 0.233 e. The Kier molecular flexibility index (Phi) is 5.74. The van der Waals surface area contributed by atoms with Gasteiger partial charge in [-0.2, -0.15) is 0 Å². The van der Waals surface area contributed by atoms with Crippen molar-refractivity contribution < 1.29 is 9.53 Å². The topological polar surface area (TPSA) is 55.3 Å². The van der Waals surface area contributed by atoms with Gasteiger partial charge in [0, 0.05) is 11.2 Å². The molecule has 2 aromatic heterocycles. The number of thiazole rings is 1. The number of fused-ring (bicyclic) bond motifs is 1. The van der Waals surface area contributed by atoms with Crippen LogP contribution in [0.1, 0.15) is 11.3 Å². The maximum atomic E-state index is 13.3. The quantitative estimate of drug-likeness (QED) is 0.431. The molecule has 0 N–H and O–H groups in total. The zero-order valence-corrected chi connectivity index (χ0v) is 17.3. The van der Waals surface area contributed by atoms with Gasteiger partial charge in [0.1, 0.15) is 11.3 Å². The lowest BCUT2D eigenvalue weighted by Crippen LogP contribution is -2.32. The van der Waals surface area contributed by atoms with Gasteiger partial charge in [-0.15, -0.1) is 0 Å². The summed E-state index contributed by atoms with van der Waals surface area (Å²) < 4.78 is 6.38. The van der Waals surface area contributed by atoms with E-state index in [4.69, 9.17) is 21.3 Å². The van der Waals surface area contributed by atoms with Crippen molar-refractivity contribution in [1.29, 1.82) is 0 Å². The molecule has 0 aliphatic rings. The lowest BCUT2D eigenvalue weighted by molar-refractivity contribution is -0.118.